The van der Waals surface area contributed by atoms with Gasteiger partial charge in [-0.1, -0.05) is 12.1 Å². The van der Waals surface area contributed by atoms with Crippen molar-refractivity contribution in [3.63, 3.8) is 0 Å². The summed E-state index contributed by atoms with van der Waals surface area (Å²) in [5.41, 5.74) is 8.40. The van der Waals surface area contributed by atoms with E-state index in [0.29, 0.717) is 44.8 Å². The Labute approximate surface area is 151 Å². The largest absolute Gasteiger partial charge is 0.377 e. The number of imide groups is 1. The molecule has 1 aromatic rings. The van der Waals surface area contributed by atoms with E-state index in [1.54, 1.807) is 11.0 Å². The van der Waals surface area contributed by atoms with Gasteiger partial charge in [0.05, 0.1) is 18.8 Å². The number of nitrogens with zero attached hydrogens (tertiary/aromatic N) is 1. The number of carbonyl (C=O) groups is 3. The van der Waals surface area contributed by atoms with Crippen LogP contribution in [0, 0.1) is 0 Å². The van der Waals surface area contributed by atoms with Crippen LogP contribution in [-0.2, 0) is 27.4 Å². The number of hydrogen-bond donors (Lipinski definition) is 3. The quantitative estimate of drug-likeness (QED) is 0.598. The van der Waals surface area contributed by atoms with Gasteiger partial charge in [0, 0.05) is 31.6 Å². The number of carbonyl (C=O) groups excluding carboxylic acids is 3. The summed E-state index contributed by atoms with van der Waals surface area (Å²) in [4.78, 5) is 37.8. The Bertz CT molecular complexity index is 774. The predicted molar refractivity (Wildman–Crippen MR) is 91.9 cm³/mol. The number of piperidine rings is 1. The van der Waals surface area contributed by atoms with E-state index in [9.17, 15) is 14.4 Å². The summed E-state index contributed by atoms with van der Waals surface area (Å²) in [7, 11) is 0. The van der Waals surface area contributed by atoms with Crippen LogP contribution >= 0.6 is 0 Å². The van der Waals surface area contributed by atoms with Crippen molar-refractivity contribution in [2.24, 2.45) is 5.73 Å². The Morgan fingerprint density at radius 3 is 2.81 bits per heavy atom. The van der Waals surface area contributed by atoms with Gasteiger partial charge in [0.25, 0.3) is 5.91 Å². The van der Waals surface area contributed by atoms with Crippen LogP contribution < -0.4 is 16.4 Å². The van der Waals surface area contributed by atoms with Crippen LogP contribution in [-0.4, -0.2) is 54.0 Å². The smallest absolute Gasteiger partial charge is 0.255 e. The standard InChI is InChI=1S/C18H22N4O4/c19-18(9-26-10-18)8-20-6-11-2-1-3-12-13(11)7-22(17(12)25)14-4-5-15(23)21-16(14)24/h1-3,14,20H,4-10,19H2,(H,21,23,24). The molecule has 2 saturated heterocycles. The van der Waals surface area contributed by atoms with Crippen LogP contribution in [0.15, 0.2) is 18.2 Å². The maximum atomic E-state index is 12.8. The zero-order valence-electron chi connectivity index (χ0n) is 14.4. The molecule has 138 valence electrons. The molecule has 3 aliphatic heterocycles. The normalized spacial score (nSPS) is 24.3. The van der Waals surface area contributed by atoms with E-state index in [-0.39, 0.29) is 23.8 Å². The van der Waals surface area contributed by atoms with Gasteiger partial charge in [0.1, 0.15) is 6.04 Å². The monoisotopic (exact) mass is 358 g/mol. The third kappa shape index (κ3) is 3.00. The average Bonchev–Trinajstić information content (AvgIpc) is 2.91. The van der Waals surface area contributed by atoms with Crippen LogP contribution in [0.2, 0.25) is 0 Å². The summed E-state index contributed by atoms with van der Waals surface area (Å²) in [6.07, 6.45) is 0.624. The van der Waals surface area contributed by atoms with Crippen molar-refractivity contribution in [1.29, 1.82) is 0 Å². The highest BCUT2D eigenvalue weighted by molar-refractivity contribution is 6.05. The van der Waals surface area contributed by atoms with E-state index in [2.05, 4.69) is 10.6 Å². The lowest BCUT2D eigenvalue weighted by molar-refractivity contribution is -0.136. The van der Waals surface area contributed by atoms with Crippen LogP contribution in [0.1, 0.15) is 34.3 Å². The molecule has 0 aromatic heterocycles. The summed E-state index contributed by atoms with van der Waals surface area (Å²) in [6.45, 7) is 2.72. The molecule has 8 nitrogen and oxygen atoms in total. The maximum absolute atomic E-state index is 12.8. The lowest BCUT2D eigenvalue weighted by Gasteiger charge is -2.37. The number of nitrogens with one attached hydrogen (secondary N) is 2. The van der Waals surface area contributed by atoms with E-state index >= 15 is 0 Å². The number of hydrogen-bond acceptors (Lipinski definition) is 6. The molecule has 1 atom stereocenters. The SMILES string of the molecule is NC1(CNCc2cccc3c2CN(C2CCC(=O)NC2=O)C3=O)COC1. The average molecular weight is 358 g/mol. The number of rotatable bonds is 5. The molecule has 0 aliphatic carbocycles. The molecule has 1 unspecified atom stereocenters. The first-order valence-corrected chi connectivity index (χ1v) is 8.80. The molecule has 3 amide bonds. The maximum Gasteiger partial charge on any atom is 0.255 e. The Kier molecular flexibility index (Phi) is 4.26. The molecular formula is C18H22N4O4. The Morgan fingerprint density at radius 1 is 1.31 bits per heavy atom. The summed E-state index contributed by atoms with van der Waals surface area (Å²) >= 11 is 0. The summed E-state index contributed by atoms with van der Waals surface area (Å²) in [5, 5.41) is 5.66. The molecule has 0 saturated carbocycles. The van der Waals surface area contributed by atoms with Gasteiger partial charge in [-0.05, 0) is 23.6 Å². The molecule has 1 aromatic carbocycles. The van der Waals surface area contributed by atoms with Crippen molar-refractivity contribution >= 4 is 17.7 Å². The second kappa shape index (κ2) is 6.46. The summed E-state index contributed by atoms with van der Waals surface area (Å²) < 4.78 is 5.15. The van der Waals surface area contributed by atoms with Gasteiger partial charge in [-0.15, -0.1) is 0 Å². The van der Waals surface area contributed by atoms with Gasteiger partial charge in [-0.3, -0.25) is 19.7 Å². The molecule has 8 heteroatoms. The van der Waals surface area contributed by atoms with E-state index < -0.39 is 11.9 Å². The van der Waals surface area contributed by atoms with Gasteiger partial charge < -0.3 is 20.7 Å². The topological polar surface area (TPSA) is 114 Å². The van der Waals surface area contributed by atoms with E-state index in [0.717, 1.165) is 11.1 Å². The van der Waals surface area contributed by atoms with Crippen molar-refractivity contribution in [3.05, 3.63) is 34.9 Å². The molecule has 3 aliphatic rings. The zero-order chi connectivity index (χ0) is 18.3. The Morgan fingerprint density at radius 2 is 2.12 bits per heavy atom. The highest BCUT2D eigenvalue weighted by atomic mass is 16.5. The van der Waals surface area contributed by atoms with Gasteiger partial charge in [0.2, 0.25) is 11.8 Å². The second-order valence-corrected chi connectivity index (χ2v) is 7.30. The Balaban J connectivity index is 1.47. The van der Waals surface area contributed by atoms with Crippen LogP contribution in [0.3, 0.4) is 0 Å². The number of fused-ring (bicyclic) bond motifs is 1. The fourth-order valence-corrected chi connectivity index (χ4v) is 3.73. The molecule has 3 heterocycles. The zero-order valence-corrected chi connectivity index (χ0v) is 14.4. The number of benzene rings is 1. The van der Waals surface area contributed by atoms with Gasteiger partial charge in [0.15, 0.2) is 0 Å². The predicted octanol–water partition coefficient (Wildman–Crippen LogP) is -0.735. The summed E-state index contributed by atoms with van der Waals surface area (Å²) in [6, 6.07) is 5.03. The third-order valence-electron chi connectivity index (χ3n) is 5.25. The van der Waals surface area contributed by atoms with E-state index in [1.807, 2.05) is 12.1 Å². The third-order valence-corrected chi connectivity index (χ3v) is 5.25. The molecule has 2 fully saturated rings. The molecule has 0 spiro atoms. The van der Waals surface area contributed by atoms with E-state index in [4.69, 9.17) is 10.5 Å². The minimum atomic E-state index is -0.590. The van der Waals surface area contributed by atoms with Crippen LogP contribution in [0.4, 0.5) is 0 Å². The molecule has 0 radical (unpaired) electrons. The van der Waals surface area contributed by atoms with Gasteiger partial charge >= 0.3 is 0 Å². The molecule has 0 bridgehead atoms. The first-order valence-electron chi connectivity index (χ1n) is 8.80. The lowest BCUT2D eigenvalue weighted by Crippen LogP contribution is -2.62. The van der Waals surface area contributed by atoms with Crippen molar-refractivity contribution in [2.75, 3.05) is 19.8 Å². The van der Waals surface area contributed by atoms with E-state index in [1.165, 1.54) is 0 Å². The Hall–Kier alpha value is -2.29. The van der Waals surface area contributed by atoms with Crippen LogP contribution in [0.5, 0.6) is 0 Å². The van der Waals surface area contributed by atoms with Gasteiger partial charge in [-0.2, -0.15) is 0 Å². The molecule has 26 heavy (non-hydrogen) atoms. The van der Waals surface area contributed by atoms with Crippen molar-refractivity contribution in [3.8, 4) is 0 Å². The molecule has 4 N–H and O–H groups in total. The number of nitrogens with two attached hydrogens (primary N) is 1. The fourth-order valence-electron chi connectivity index (χ4n) is 3.73. The van der Waals surface area contributed by atoms with Gasteiger partial charge in [-0.25, -0.2) is 0 Å². The lowest BCUT2D eigenvalue weighted by atomic mass is 9.98. The van der Waals surface area contributed by atoms with Crippen molar-refractivity contribution in [2.45, 2.75) is 37.5 Å². The fraction of sp³-hybridized carbons (Fsp3) is 0.500. The molecular weight excluding hydrogens is 336 g/mol. The first kappa shape index (κ1) is 17.1. The first-order chi connectivity index (χ1) is 12.5. The summed E-state index contributed by atoms with van der Waals surface area (Å²) in [5.74, 6) is -0.827. The van der Waals surface area contributed by atoms with Crippen LogP contribution in [0.25, 0.3) is 0 Å². The minimum Gasteiger partial charge on any atom is -0.377 e. The molecule has 4 rings (SSSR count). The number of ether oxygens (including phenoxy) is 1. The highest BCUT2D eigenvalue weighted by Gasteiger charge is 2.40. The van der Waals surface area contributed by atoms with Crippen molar-refractivity contribution < 1.29 is 19.1 Å². The minimum absolute atomic E-state index is 0.154. The highest BCUT2D eigenvalue weighted by Crippen LogP contribution is 2.29. The second-order valence-electron chi connectivity index (χ2n) is 7.30. The van der Waals surface area contributed by atoms with Crippen molar-refractivity contribution in [1.82, 2.24) is 15.5 Å². The number of amides is 3.